The maximum absolute atomic E-state index is 12.3. The summed E-state index contributed by atoms with van der Waals surface area (Å²) in [6.45, 7) is 2.26. The van der Waals surface area contributed by atoms with E-state index in [4.69, 9.17) is 0 Å². The van der Waals surface area contributed by atoms with Crippen molar-refractivity contribution in [3.8, 4) is 0 Å². The average Bonchev–Trinajstić information content (AvgIpc) is 2.55. The zero-order chi connectivity index (χ0) is 13.0. The van der Waals surface area contributed by atoms with Gasteiger partial charge in [-0.15, -0.1) is 0 Å². The maximum atomic E-state index is 12.3. The van der Waals surface area contributed by atoms with Crippen molar-refractivity contribution in [2.24, 2.45) is 5.92 Å². The molecular weight excluding hydrogens is 337 g/mol. The van der Waals surface area contributed by atoms with Gasteiger partial charge in [-0.3, -0.25) is 4.79 Å². The minimum Gasteiger partial charge on any atom is -0.349 e. The number of nitrogens with one attached hydrogen (secondary N) is 1. The molecule has 2 rings (SSSR count). The molecule has 0 heterocycles. The van der Waals surface area contributed by atoms with Gasteiger partial charge in [0.15, 0.2) is 0 Å². The topological polar surface area (TPSA) is 29.1 Å². The van der Waals surface area contributed by atoms with E-state index in [9.17, 15) is 4.79 Å². The average molecular weight is 357 g/mol. The molecule has 1 amide bonds. The molecule has 0 aromatic heterocycles. The molecule has 2 atom stereocenters. The van der Waals surface area contributed by atoms with Crippen LogP contribution in [0.3, 0.4) is 0 Å². The van der Waals surface area contributed by atoms with Crippen molar-refractivity contribution in [2.45, 2.75) is 45.1 Å². The lowest BCUT2D eigenvalue weighted by Gasteiger charge is -2.23. The SMILES string of the molecule is CC1CCCCCC1NC(=O)c1ccccc1I. The van der Waals surface area contributed by atoms with Crippen molar-refractivity contribution < 1.29 is 4.79 Å². The third-order valence-electron chi connectivity index (χ3n) is 3.80. The molecule has 0 bridgehead atoms. The molecule has 1 aromatic rings. The summed E-state index contributed by atoms with van der Waals surface area (Å²) in [5, 5.41) is 3.22. The van der Waals surface area contributed by atoms with Crippen molar-refractivity contribution in [1.82, 2.24) is 5.32 Å². The fourth-order valence-electron chi connectivity index (χ4n) is 2.60. The van der Waals surface area contributed by atoms with E-state index < -0.39 is 0 Å². The second-order valence-electron chi connectivity index (χ2n) is 5.18. The smallest absolute Gasteiger partial charge is 0.252 e. The molecule has 0 spiro atoms. The van der Waals surface area contributed by atoms with Crippen LogP contribution in [0.15, 0.2) is 24.3 Å². The third kappa shape index (κ3) is 3.46. The normalized spacial score (nSPS) is 24.3. The lowest BCUT2D eigenvalue weighted by molar-refractivity contribution is 0.0920. The Hall–Kier alpha value is -0.580. The quantitative estimate of drug-likeness (QED) is 0.629. The first-order valence-electron chi connectivity index (χ1n) is 6.74. The number of halogens is 1. The Kier molecular flexibility index (Phi) is 5.03. The van der Waals surface area contributed by atoms with Crippen LogP contribution in [0.1, 0.15) is 49.4 Å². The minimum atomic E-state index is 0.0822. The predicted octanol–water partition coefficient (Wildman–Crippen LogP) is 3.99. The van der Waals surface area contributed by atoms with Gasteiger partial charge in [-0.25, -0.2) is 0 Å². The van der Waals surface area contributed by atoms with Gasteiger partial charge >= 0.3 is 0 Å². The molecule has 1 fully saturated rings. The number of rotatable bonds is 2. The number of hydrogen-bond acceptors (Lipinski definition) is 1. The van der Waals surface area contributed by atoms with Gasteiger partial charge in [0, 0.05) is 9.61 Å². The summed E-state index contributed by atoms with van der Waals surface area (Å²) in [5.74, 6) is 0.677. The van der Waals surface area contributed by atoms with E-state index in [0.29, 0.717) is 12.0 Å². The van der Waals surface area contributed by atoms with Crippen LogP contribution in [-0.2, 0) is 0 Å². The molecule has 2 unspecified atom stereocenters. The monoisotopic (exact) mass is 357 g/mol. The molecule has 1 aliphatic carbocycles. The van der Waals surface area contributed by atoms with Crippen LogP contribution >= 0.6 is 22.6 Å². The molecule has 98 valence electrons. The summed E-state index contributed by atoms with van der Waals surface area (Å²) in [5.41, 5.74) is 0.801. The summed E-state index contributed by atoms with van der Waals surface area (Å²) < 4.78 is 1.02. The van der Waals surface area contributed by atoms with E-state index in [0.717, 1.165) is 15.6 Å². The fraction of sp³-hybridized carbons (Fsp3) is 0.533. The van der Waals surface area contributed by atoms with Crippen molar-refractivity contribution in [3.63, 3.8) is 0 Å². The van der Waals surface area contributed by atoms with E-state index in [-0.39, 0.29) is 5.91 Å². The molecule has 2 nitrogen and oxygen atoms in total. The van der Waals surface area contributed by atoms with Crippen molar-refractivity contribution in [2.75, 3.05) is 0 Å². The van der Waals surface area contributed by atoms with E-state index in [1.54, 1.807) is 0 Å². The Balaban J connectivity index is 2.04. The number of carbonyl (C=O) groups excluding carboxylic acids is 1. The van der Waals surface area contributed by atoms with E-state index in [2.05, 4.69) is 34.8 Å². The maximum Gasteiger partial charge on any atom is 0.252 e. The highest BCUT2D eigenvalue weighted by Gasteiger charge is 2.22. The summed E-state index contributed by atoms with van der Waals surface area (Å²) in [4.78, 5) is 12.3. The predicted molar refractivity (Wildman–Crippen MR) is 82.7 cm³/mol. The first-order valence-corrected chi connectivity index (χ1v) is 7.82. The molecule has 1 saturated carbocycles. The first-order chi connectivity index (χ1) is 8.68. The van der Waals surface area contributed by atoms with Gasteiger partial charge in [-0.05, 0) is 53.5 Å². The van der Waals surface area contributed by atoms with Crippen molar-refractivity contribution >= 4 is 28.5 Å². The lowest BCUT2D eigenvalue weighted by Crippen LogP contribution is -2.39. The van der Waals surface area contributed by atoms with E-state index in [1.165, 1.54) is 25.7 Å². The summed E-state index contributed by atoms with van der Waals surface area (Å²) in [6, 6.07) is 8.11. The van der Waals surface area contributed by atoms with Crippen LogP contribution in [0.4, 0.5) is 0 Å². The number of carbonyl (C=O) groups is 1. The Bertz CT molecular complexity index is 419. The zero-order valence-corrected chi connectivity index (χ0v) is 12.9. The number of benzene rings is 1. The van der Waals surface area contributed by atoms with Crippen LogP contribution < -0.4 is 5.32 Å². The van der Waals surface area contributed by atoms with Gasteiger partial charge in [-0.1, -0.05) is 38.3 Å². The molecule has 0 saturated heterocycles. The van der Waals surface area contributed by atoms with Crippen molar-refractivity contribution in [3.05, 3.63) is 33.4 Å². The van der Waals surface area contributed by atoms with Gasteiger partial charge in [0.1, 0.15) is 0 Å². The second-order valence-corrected chi connectivity index (χ2v) is 6.34. The number of amides is 1. The Morgan fingerprint density at radius 2 is 1.94 bits per heavy atom. The molecule has 3 heteroatoms. The fourth-order valence-corrected chi connectivity index (χ4v) is 3.23. The molecule has 1 aromatic carbocycles. The lowest BCUT2D eigenvalue weighted by atomic mass is 9.96. The van der Waals surface area contributed by atoms with E-state index in [1.807, 2.05) is 24.3 Å². The summed E-state index contributed by atoms with van der Waals surface area (Å²) >= 11 is 2.22. The number of hydrogen-bond donors (Lipinski definition) is 1. The Morgan fingerprint density at radius 3 is 2.72 bits per heavy atom. The summed E-state index contributed by atoms with van der Waals surface area (Å²) in [7, 11) is 0. The Morgan fingerprint density at radius 1 is 1.22 bits per heavy atom. The van der Waals surface area contributed by atoms with Crippen LogP contribution in [-0.4, -0.2) is 11.9 Å². The largest absolute Gasteiger partial charge is 0.349 e. The van der Waals surface area contributed by atoms with Gasteiger partial charge in [-0.2, -0.15) is 0 Å². The molecule has 0 radical (unpaired) electrons. The standard InChI is InChI=1S/C15H20INO/c1-11-7-3-2-4-10-14(11)17-15(18)12-8-5-6-9-13(12)16/h5-6,8-9,11,14H,2-4,7,10H2,1H3,(H,17,18). The van der Waals surface area contributed by atoms with Gasteiger partial charge < -0.3 is 5.32 Å². The minimum absolute atomic E-state index is 0.0822. The van der Waals surface area contributed by atoms with Crippen LogP contribution in [0, 0.1) is 9.49 Å². The van der Waals surface area contributed by atoms with Crippen LogP contribution in [0.2, 0.25) is 0 Å². The third-order valence-corrected chi connectivity index (χ3v) is 4.74. The highest BCUT2D eigenvalue weighted by atomic mass is 127. The molecule has 1 aliphatic rings. The van der Waals surface area contributed by atoms with Gasteiger partial charge in [0.05, 0.1) is 5.56 Å². The summed E-state index contributed by atoms with van der Waals surface area (Å²) in [6.07, 6.45) is 6.20. The van der Waals surface area contributed by atoms with Crippen LogP contribution in [0.5, 0.6) is 0 Å². The first kappa shape index (κ1) is 13.8. The van der Waals surface area contributed by atoms with Crippen molar-refractivity contribution in [1.29, 1.82) is 0 Å². The van der Waals surface area contributed by atoms with Gasteiger partial charge in [0.2, 0.25) is 0 Å². The van der Waals surface area contributed by atoms with E-state index >= 15 is 0 Å². The molecular formula is C15H20INO. The van der Waals surface area contributed by atoms with Crippen LogP contribution in [0.25, 0.3) is 0 Å². The molecule has 1 N–H and O–H groups in total. The molecule has 18 heavy (non-hydrogen) atoms. The van der Waals surface area contributed by atoms with Gasteiger partial charge in [0.25, 0.3) is 5.91 Å². The zero-order valence-electron chi connectivity index (χ0n) is 10.8. The Labute approximate surface area is 123 Å². The molecule has 0 aliphatic heterocycles. The highest BCUT2D eigenvalue weighted by molar-refractivity contribution is 14.1. The second kappa shape index (κ2) is 6.55. The highest BCUT2D eigenvalue weighted by Crippen LogP contribution is 2.23.